The van der Waals surface area contributed by atoms with Gasteiger partial charge in [0.15, 0.2) is 0 Å². The van der Waals surface area contributed by atoms with E-state index < -0.39 is 0 Å². The fourth-order valence-corrected chi connectivity index (χ4v) is 2.81. The molecule has 0 fully saturated rings. The number of carbonyl (C=O) groups excluding carboxylic acids is 1. The van der Waals surface area contributed by atoms with Crippen molar-refractivity contribution in [1.29, 1.82) is 0 Å². The second-order valence-electron chi connectivity index (χ2n) is 4.94. The van der Waals surface area contributed by atoms with Gasteiger partial charge in [-0.1, -0.05) is 27.5 Å². The topological polar surface area (TPSA) is 47.6 Å². The monoisotopic (exact) mass is 393 g/mol. The van der Waals surface area contributed by atoms with Gasteiger partial charge in [-0.3, -0.25) is 4.79 Å². The third-order valence-electron chi connectivity index (χ3n) is 3.39. The Morgan fingerprint density at radius 1 is 1.30 bits per heavy atom. The first kappa shape index (κ1) is 15.9. The number of rotatable bonds is 3. The van der Waals surface area contributed by atoms with E-state index in [-0.39, 0.29) is 12.5 Å². The lowest BCUT2D eigenvalue weighted by molar-refractivity contribution is -0.113. The third kappa shape index (κ3) is 3.51. The Labute approximate surface area is 147 Å². The Balaban J connectivity index is 1.86. The highest BCUT2D eigenvalue weighted by Crippen LogP contribution is 2.31. The lowest BCUT2D eigenvalue weighted by atomic mass is 10.1. The maximum absolute atomic E-state index is 12.5. The number of amides is 1. The molecule has 0 spiro atoms. The zero-order chi connectivity index (χ0) is 16.4. The highest BCUT2D eigenvalue weighted by molar-refractivity contribution is 9.10. The summed E-state index contributed by atoms with van der Waals surface area (Å²) in [4.78, 5) is 12.5. The number of benzene rings is 2. The fourth-order valence-electron chi connectivity index (χ4n) is 2.26. The fraction of sp³-hybridized carbons (Fsp3) is 0.118. The molecule has 0 bridgehead atoms. The average molecular weight is 395 g/mol. The molecule has 1 aliphatic heterocycles. The van der Waals surface area contributed by atoms with Crippen molar-refractivity contribution in [1.82, 2.24) is 0 Å². The standard InChI is InChI=1S/C17H13BrClNO3/c1-22-16-5-3-13(19)8-14(16)20-17(21)11-6-10-7-12(18)2-4-15(10)23-9-11/h2-8H,9H2,1H3,(H,20,21). The van der Waals surface area contributed by atoms with Gasteiger partial charge in [0, 0.05) is 15.1 Å². The molecule has 0 saturated carbocycles. The summed E-state index contributed by atoms with van der Waals surface area (Å²) in [5.41, 5.74) is 1.90. The van der Waals surface area contributed by atoms with Crippen molar-refractivity contribution in [2.45, 2.75) is 0 Å². The van der Waals surface area contributed by atoms with Crippen molar-refractivity contribution in [3.05, 3.63) is 57.0 Å². The van der Waals surface area contributed by atoms with Gasteiger partial charge in [0.25, 0.3) is 5.91 Å². The molecule has 2 aromatic rings. The molecule has 0 atom stereocenters. The van der Waals surface area contributed by atoms with Crippen molar-refractivity contribution in [3.63, 3.8) is 0 Å². The number of anilines is 1. The van der Waals surface area contributed by atoms with Crippen LogP contribution in [0.5, 0.6) is 11.5 Å². The van der Waals surface area contributed by atoms with E-state index in [1.807, 2.05) is 24.3 Å². The van der Waals surface area contributed by atoms with Gasteiger partial charge >= 0.3 is 0 Å². The molecule has 2 aromatic carbocycles. The van der Waals surface area contributed by atoms with Crippen molar-refractivity contribution in [3.8, 4) is 11.5 Å². The van der Waals surface area contributed by atoms with E-state index in [0.717, 1.165) is 15.8 Å². The molecule has 4 nitrogen and oxygen atoms in total. The molecule has 118 valence electrons. The smallest absolute Gasteiger partial charge is 0.255 e. The number of fused-ring (bicyclic) bond motifs is 1. The highest BCUT2D eigenvalue weighted by Gasteiger charge is 2.18. The van der Waals surface area contributed by atoms with E-state index in [1.165, 1.54) is 7.11 Å². The van der Waals surface area contributed by atoms with Crippen LogP contribution in [0.4, 0.5) is 5.69 Å². The summed E-state index contributed by atoms with van der Waals surface area (Å²) in [6.45, 7) is 0.212. The van der Waals surface area contributed by atoms with Crippen molar-refractivity contribution < 1.29 is 14.3 Å². The molecular weight excluding hydrogens is 382 g/mol. The first-order chi connectivity index (χ1) is 11.1. The molecule has 1 aliphatic rings. The number of methoxy groups -OCH3 is 1. The van der Waals surface area contributed by atoms with Crippen LogP contribution in [0.25, 0.3) is 6.08 Å². The predicted octanol–water partition coefficient (Wildman–Crippen LogP) is 4.53. The molecule has 0 radical (unpaired) electrons. The lowest BCUT2D eigenvalue weighted by Crippen LogP contribution is -2.21. The van der Waals surface area contributed by atoms with Gasteiger partial charge < -0.3 is 14.8 Å². The van der Waals surface area contributed by atoms with Gasteiger partial charge in [0.2, 0.25) is 0 Å². The summed E-state index contributed by atoms with van der Waals surface area (Å²) in [5, 5.41) is 3.33. The molecule has 1 amide bonds. The molecule has 0 saturated heterocycles. The lowest BCUT2D eigenvalue weighted by Gasteiger charge is -2.18. The minimum Gasteiger partial charge on any atom is -0.495 e. The van der Waals surface area contributed by atoms with Crippen molar-refractivity contribution in [2.75, 3.05) is 19.0 Å². The number of ether oxygens (including phenoxy) is 2. The summed E-state index contributed by atoms with van der Waals surface area (Å²) < 4.78 is 11.8. The van der Waals surface area contributed by atoms with Crippen LogP contribution in [0.15, 0.2) is 46.4 Å². The predicted molar refractivity (Wildman–Crippen MR) is 94.2 cm³/mol. The quantitative estimate of drug-likeness (QED) is 0.832. The molecule has 23 heavy (non-hydrogen) atoms. The summed E-state index contributed by atoms with van der Waals surface area (Å²) >= 11 is 9.39. The highest BCUT2D eigenvalue weighted by atomic mass is 79.9. The second kappa shape index (κ2) is 6.64. The number of halogens is 2. The maximum atomic E-state index is 12.5. The Hall–Kier alpha value is -1.98. The Kier molecular flexibility index (Phi) is 4.59. The van der Waals surface area contributed by atoms with Gasteiger partial charge in [0.05, 0.1) is 18.4 Å². The van der Waals surface area contributed by atoms with Crippen molar-refractivity contribution in [2.24, 2.45) is 0 Å². The summed E-state index contributed by atoms with van der Waals surface area (Å²) in [6, 6.07) is 10.7. The Morgan fingerprint density at radius 3 is 2.91 bits per heavy atom. The van der Waals surface area contributed by atoms with Gasteiger partial charge in [-0.2, -0.15) is 0 Å². The van der Waals surface area contributed by atoms with E-state index in [1.54, 1.807) is 18.2 Å². The molecule has 3 rings (SSSR count). The summed E-state index contributed by atoms with van der Waals surface area (Å²) in [5.74, 6) is 1.05. The summed E-state index contributed by atoms with van der Waals surface area (Å²) in [6.07, 6.45) is 1.82. The molecule has 0 aromatic heterocycles. The van der Waals surface area contributed by atoms with Crippen LogP contribution in [0, 0.1) is 0 Å². The number of hydrogen-bond acceptors (Lipinski definition) is 3. The van der Waals surface area contributed by atoms with E-state index >= 15 is 0 Å². The van der Waals surface area contributed by atoms with Gasteiger partial charge in [-0.15, -0.1) is 0 Å². The number of nitrogens with one attached hydrogen (secondary N) is 1. The Morgan fingerprint density at radius 2 is 2.13 bits per heavy atom. The zero-order valence-corrected chi connectivity index (χ0v) is 14.6. The largest absolute Gasteiger partial charge is 0.495 e. The van der Waals surface area contributed by atoms with Gasteiger partial charge in [0.1, 0.15) is 18.1 Å². The van der Waals surface area contributed by atoms with Gasteiger partial charge in [-0.25, -0.2) is 0 Å². The van der Waals surface area contributed by atoms with E-state index in [9.17, 15) is 4.79 Å². The normalized spacial score (nSPS) is 12.7. The van der Waals surface area contributed by atoms with Crippen LogP contribution in [0.2, 0.25) is 5.02 Å². The first-order valence-electron chi connectivity index (χ1n) is 6.84. The van der Waals surface area contributed by atoms with E-state index in [0.29, 0.717) is 22.0 Å². The molecule has 0 aliphatic carbocycles. The minimum atomic E-state index is -0.254. The first-order valence-corrected chi connectivity index (χ1v) is 8.02. The van der Waals surface area contributed by atoms with Crippen molar-refractivity contribution >= 4 is 45.2 Å². The molecule has 1 heterocycles. The Bertz CT molecular complexity index is 804. The third-order valence-corrected chi connectivity index (χ3v) is 4.11. The number of carbonyl (C=O) groups is 1. The molecule has 0 unspecified atom stereocenters. The van der Waals surface area contributed by atoms with Crippen LogP contribution in [-0.2, 0) is 4.79 Å². The molecular formula is C17H13BrClNO3. The van der Waals surface area contributed by atoms with Crippen LogP contribution in [0.3, 0.4) is 0 Å². The maximum Gasteiger partial charge on any atom is 0.255 e. The van der Waals surface area contributed by atoms with Crippen LogP contribution in [-0.4, -0.2) is 19.6 Å². The minimum absolute atomic E-state index is 0.212. The van der Waals surface area contributed by atoms with Crippen LogP contribution >= 0.6 is 27.5 Å². The van der Waals surface area contributed by atoms with E-state index in [4.69, 9.17) is 21.1 Å². The van der Waals surface area contributed by atoms with E-state index in [2.05, 4.69) is 21.2 Å². The molecule has 1 N–H and O–H groups in total. The summed E-state index contributed by atoms with van der Waals surface area (Å²) in [7, 11) is 1.54. The van der Waals surface area contributed by atoms with Crippen LogP contribution < -0.4 is 14.8 Å². The van der Waals surface area contributed by atoms with Crippen LogP contribution in [0.1, 0.15) is 5.56 Å². The number of hydrogen-bond donors (Lipinski definition) is 1. The molecule has 6 heteroatoms. The SMILES string of the molecule is COc1ccc(Cl)cc1NC(=O)C1=Cc2cc(Br)ccc2OC1. The zero-order valence-electron chi connectivity index (χ0n) is 12.2. The average Bonchev–Trinajstić information content (AvgIpc) is 2.54. The van der Waals surface area contributed by atoms with Gasteiger partial charge in [-0.05, 0) is 42.5 Å². The second-order valence-corrected chi connectivity index (χ2v) is 6.29.